The third-order valence-electron chi connectivity index (χ3n) is 3.62. The molecule has 0 aromatic heterocycles. The summed E-state index contributed by atoms with van der Waals surface area (Å²) in [5, 5.41) is 11.6. The SMILES string of the molecule is CC1Oc2ccccc2N(CC(=O)NC(C(=O)O)C(C)C)C1=O. The van der Waals surface area contributed by atoms with Crippen LogP contribution >= 0.6 is 0 Å². The Morgan fingerprint density at radius 2 is 2.00 bits per heavy atom. The predicted octanol–water partition coefficient (Wildman–Crippen LogP) is 1.03. The van der Waals surface area contributed by atoms with Gasteiger partial charge in [-0.3, -0.25) is 14.5 Å². The zero-order chi connectivity index (χ0) is 17.1. The van der Waals surface area contributed by atoms with Crippen molar-refractivity contribution in [2.45, 2.75) is 32.9 Å². The van der Waals surface area contributed by atoms with Crippen molar-refractivity contribution in [1.29, 1.82) is 0 Å². The van der Waals surface area contributed by atoms with Crippen LogP contribution in [0.4, 0.5) is 5.69 Å². The first-order valence-corrected chi connectivity index (χ1v) is 7.40. The number of benzene rings is 1. The number of nitrogens with one attached hydrogen (secondary N) is 1. The topological polar surface area (TPSA) is 95.9 Å². The van der Waals surface area contributed by atoms with Crippen LogP contribution in [0.5, 0.6) is 5.75 Å². The van der Waals surface area contributed by atoms with Crippen molar-refractivity contribution in [3.63, 3.8) is 0 Å². The van der Waals surface area contributed by atoms with E-state index in [9.17, 15) is 14.4 Å². The van der Waals surface area contributed by atoms with Crippen molar-refractivity contribution < 1.29 is 24.2 Å². The van der Waals surface area contributed by atoms with E-state index in [2.05, 4.69) is 5.32 Å². The maximum Gasteiger partial charge on any atom is 0.326 e. The van der Waals surface area contributed by atoms with Crippen LogP contribution in [0.15, 0.2) is 24.3 Å². The first-order chi connectivity index (χ1) is 10.8. The largest absolute Gasteiger partial charge is 0.480 e. The predicted molar refractivity (Wildman–Crippen MR) is 83.3 cm³/mol. The third kappa shape index (κ3) is 3.61. The molecule has 0 saturated carbocycles. The van der Waals surface area contributed by atoms with E-state index >= 15 is 0 Å². The maximum atomic E-state index is 12.3. The van der Waals surface area contributed by atoms with E-state index in [4.69, 9.17) is 9.84 Å². The molecule has 1 aliphatic rings. The van der Waals surface area contributed by atoms with E-state index in [1.54, 1.807) is 45.0 Å². The summed E-state index contributed by atoms with van der Waals surface area (Å²) in [6.07, 6.45) is -0.696. The van der Waals surface area contributed by atoms with Crippen LogP contribution in [-0.4, -0.2) is 41.6 Å². The lowest BCUT2D eigenvalue weighted by Crippen LogP contribution is -2.52. The molecule has 2 N–H and O–H groups in total. The molecule has 7 nitrogen and oxygen atoms in total. The van der Waals surface area contributed by atoms with Crippen molar-refractivity contribution in [1.82, 2.24) is 5.32 Å². The molecule has 1 aromatic carbocycles. The summed E-state index contributed by atoms with van der Waals surface area (Å²) in [5.41, 5.74) is 0.502. The Balaban J connectivity index is 2.17. The second-order valence-electron chi connectivity index (χ2n) is 5.78. The average Bonchev–Trinajstić information content (AvgIpc) is 2.48. The highest BCUT2D eigenvalue weighted by Gasteiger charge is 2.33. The monoisotopic (exact) mass is 320 g/mol. The molecule has 124 valence electrons. The van der Waals surface area contributed by atoms with Crippen LogP contribution in [0.1, 0.15) is 20.8 Å². The fraction of sp³-hybridized carbons (Fsp3) is 0.438. The molecule has 2 amide bonds. The van der Waals surface area contributed by atoms with E-state index in [-0.39, 0.29) is 18.4 Å². The number of anilines is 1. The van der Waals surface area contributed by atoms with Gasteiger partial charge in [0.25, 0.3) is 5.91 Å². The van der Waals surface area contributed by atoms with Gasteiger partial charge in [0.2, 0.25) is 5.91 Å². The molecule has 7 heteroatoms. The van der Waals surface area contributed by atoms with E-state index in [0.29, 0.717) is 11.4 Å². The van der Waals surface area contributed by atoms with Gasteiger partial charge in [0, 0.05) is 0 Å². The highest BCUT2D eigenvalue weighted by atomic mass is 16.5. The molecule has 0 aliphatic carbocycles. The molecular formula is C16H20N2O5. The van der Waals surface area contributed by atoms with Gasteiger partial charge >= 0.3 is 5.97 Å². The summed E-state index contributed by atoms with van der Waals surface area (Å²) in [7, 11) is 0. The number of hydrogen-bond donors (Lipinski definition) is 2. The van der Waals surface area contributed by atoms with Crippen molar-refractivity contribution in [2.75, 3.05) is 11.4 Å². The van der Waals surface area contributed by atoms with Crippen molar-refractivity contribution in [3.05, 3.63) is 24.3 Å². The van der Waals surface area contributed by atoms with Crippen molar-refractivity contribution in [2.24, 2.45) is 5.92 Å². The van der Waals surface area contributed by atoms with Crippen LogP contribution in [0.25, 0.3) is 0 Å². The molecule has 23 heavy (non-hydrogen) atoms. The molecule has 1 heterocycles. The highest BCUT2D eigenvalue weighted by Crippen LogP contribution is 2.33. The Morgan fingerprint density at radius 1 is 1.35 bits per heavy atom. The van der Waals surface area contributed by atoms with Gasteiger partial charge in [-0.05, 0) is 25.0 Å². The number of rotatable bonds is 5. The molecule has 2 rings (SSSR count). The summed E-state index contributed by atoms with van der Waals surface area (Å²) in [6.45, 7) is 4.77. The number of amides is 2. The minimum Gasteiger partial charge on any atom is -0.480 e. The Morgan fingerprint density at radius 3 is 2.61 bits per heavy atom. The van der Waals surface area contributed by atoms with Gasteiger partial charge in [-0.25, -0.2) is 4.79 Å². The zero-order valence-corrected chi connectivity index (χ0v) is 13.3. The van der Waals surface area contributed by atoms with E-state index in [1.807, 2.05) is 0 Å². The second-order valence-corrected chi connectivity index (χ2v) is 5.78. The second kappa shape index (κ2) is 6.68. The smallest absolute Gasteiger partial charge is 0.326 e. The molecular weight excluding hydrogens is 300 g/mol. The number of fused-ring (bicyclic) bond motifs is 1. The minimum atomic E-state index is -1.10. The number of nitrogens with zero attached hydrogens (tertiary/aromatic N) is 1. The average molecular weight is 320 g/mol. The summed E-state index contributed by atoms with van der Waals surface area (Å²) in [4.78, 5) is 37.0. The fourth-order valence-corrected chi connectivity index (χ4v) is 2.40. The minimum absolute atomic E-state index is 0.250. The summed E-state index contributed by atoms with van der Waals surface area (Å²) < 4.78 is 5.50. The van der Waals surface area contributed by atoms with Gasteiger partial charge in [-0.2, -0.15) is 0 Å². The van der Waals surface area contributed by atoms with Gasteiger partial charge in [-0.15, -0.1) is 0 Å². The number of hydrogen-bond acceptors (Lipinski definition) is 4. The van der Waals surface area contributed by atoms with E-state index < -0.39 is 24.0 Å². The molecule has 2 unspecified atom stereocenters. The summed E-state index contributed by atoms with van der Waals surface area (Å²) in [5.74, 6) is -1.71. The Labute approximate surface area is 134 Å². The lowest BCUT2D eigenvalue weighted by molar-refractivity contribution is -0.142. The van der Waals surface area contributed by atoms with Crippen LogP contribution in [0, 0.1) is 5.92 Å². The highest BCUT2D eigenvalue weighted by molar-refractivity contribution is 6.04. The molecule has 0 bridgehead atoms. The van der Waals surface area contributed by atoms with Gasteiger partial charge in [0.15, 0.2) is 6.10 Å². The third-order valence-corrected chi connectivity index (χ3v) is 3.62. The van der Waals surface area contributed by atoms with Crippen LogP contribution in [-0.2, 0) is 14.4 Å². The molecule has 2 atom stereocenters. The molecule has 0 spiro atoms. The molecule has 0 radical (unpaired) electrons. The van der Waals surface area contributed by atoms with Crippen molar-refractivity contribution >= 4 is 23.5 Å². The molecule has 1 aliphatic heterocycles. The Bertz CT molecular complexity index is 629. The molecule has 0 fully saturated rings. The zero-order valence-electron chi connectivity index (χ0n) is 13.3. The number of carboxylic acids is 1. The van der Waals surface area contributed by atoms with Crippen molar-refractivity contribution in [3.8, 4) is 5.75 Å². The molecule has 0 saturated heterocycles. The number of para-hydroxylation sites is 2. The van der Waals surface area contributed by atoms with Gasteiger partial charge in [-0.1, -0.05) is 26.0 Å². The normalized spacial score (nSPS) is 18.2. The summed E-state index contributed by atoms with van der Waals surface area (Å²) in [6, 6.07) is 5.93. The Kier molecular flexibility index (Phi) is 4.88. The van der Waals surface area contributed by atoms with Crippen LogP contribution < -0.4 is 15.0 Å². The quantitative estimate of drug-likeness (QED) is 0.844. The lowest BCUT2D eigenvalue weighted by Gasteiger charge is -2.32. The number of carbonyl (C=O) groups excluding carboxylic acids is 2. The number of carboxylic acid groups (broad SMARTS) is 1. The van der Waals surface area contributed by atoms with Gasteiger partial charge < -0.3 is 15.2 Å². The molecule has 1 aromatic rings. The number of aliphatic carboxylic acids is 1. The van der Waals surface area contributed by atoms with Gasteiger partial charge in [0.1, 0.15) is 18.3 Å². The van der Waals surface area contributed by atoms with Crippen LogP contribution in [0.3, 0.4) is 0 Å². The maximum absolute atomic E-state index is 12.3. The first kappa shape index (κ1) is 16.8. The number of carbonyl (C=O) groups is 3. The standard InChI is InChI=1S/C16H20N2O5/c1-9(2)14(16(21)22)17-13(19)8-18-11-6-4-5-7-12(11)23-10(3)15(18)20/h4-7,9-10,14H,8H2,1-3H3,(H,17,19)(H,21,22). The first-order valence-electron chi connectivity index (χ1n) is 7.40. The Hall–Kier alpha value is -2.57. The lowest BCUT2D eigenvalue weighted by atomic mass is 10.0. The van der Waals surface area contributed by atoms with E-state index in [1.165, 1.54) is 4.90 Å². The number of ether oxygens (including phenoxy) is 1. The van der Waals surface area contributed by atoms with Gasteiger partial charge in [0.05, 0.1) is 5.69 Å². The van der Waals surface area contributed by atoms with Crippen LogP contribution in [0.2, 0.25) is 0 Å². The fourth-order valence-electron chi connectivity index (χ4n) is 2.40. The van der Waals surface area contributed by atoms with E-state index in [0.717, 1.165) is 0 Å². The summed E-state index contributed by atoms with van der Waals surface area (Å²) >= 11 is 0.